The van der Waals surface area contributed by atoms with E-state index in [0.717, 1.165) is 30.9 Å². The average molecular weight is 369 g/mol. The lowest BCUT2D eigenvalue weighted by atomic mass is 9.88. The maximum atomic E-state index is 11.2. The van der Waals surface area contributed by atoms with E-state index < -0.39 is 6.10 Å². The minimum absolute atomic E-state index is 0.121. The number of ether oxygens (including phenoxy) is 1. The highest BCUT2D eigenvalue weighted by Crippen LogP contribution is 2.31. The lowest BCUT2D eigenvalue weighted by molar-refractivity contribution is -0.889. The van der Waals surface area contributed by atoms with Gasteiger partial charge >= 0.3 is 0 Å². The van der Waals surface area contributed by atoms with Crippen LogP contribution in [0, 0.1) is 0 Å². The summed E-state index contributed by atoms with van der Waals surface area (Å²) in [6.07, 6.45) is 5.61. The van der Waals surface area contributed by atoms with E-state index in [9.17, 15) is 5.11 Å². The molecule has 0 saturated carbocycles. The molecular weight excluding hydrogens is 334 g/mol. The number of aliphatic hydroxyl groups is 1. The summed E-state index contributed by atoms with van der Waals surface area (Å²) >= 11 is 0. The number of hydrogen-bond donors (Lipinski definition) is 2. The highest BCUT2D eigenvalue weighted by molar-refractivity contribution is 5.31. The first-order valence-corrected chi connectivity index (χ1v) is 10.6. The molecule has 0 aliphatic carbocycles. The number of hydrogen-bond acceptors (Lipinski definition) is 2. The second-order valence-electron chi connectivity index (χ2n) is 7.75. The molecule has 0 radical (unpaired) electrons. The Labute approximate surface area is 164 Å². The standard InChI is InChI=1S/C24H33NO2/c1-2-3-9-18-27-22-14-12-21(13-15-22)24(26)23(19-25-16-7-8-17-25)20-10-5-4-6-11-20/h4-6,10-15,23-24,26H,2-3,7-9,16-19H2,1H3/p+1/t23-,24+/m1/s1. The second kappa shape index (κ2) is 10.5. The van der Waals surface area contributed by atoms with Crippen molar-refractivity contribution < 1.29 is 14.7 Å². The van der Waals surface area contributed by atoms with E-state index in [2.05, 4.69) is 31.2 Å². The summed E-state index contributed by atoms with van der Waals surface area (Å²) in [6.45, 7) is 6.39. The number of unbranched alkanes of at least 4 members (excludes halogenated alkanes) is 2. The van der Waals surface area contributed by atoms with Gasteiger partial charge in [0.1, 0.15) is 5.75 Å². The first-order chi connectivity index (χ1) is 13.3. The van der Waals surface area contributed by atoms with Crippen molar-refractivity contribution in [1.29, 1.82) is 0 Å². The largest absolute Gasteiger partial charge is 0.494 e. The molecule has 3 nitrogen and oxygen atoms in total. The Bertz CT molecular complexity index is 650. The molecule has 1 saturated heterocycles. The number of benzene rings is 2. The third-order valence-corrected chi connectivity index (χ3v) is 5.67. The fraction of sp³-hybridized carbons (Fsp3) is 0.500. The van der Waals surface area contributed by atoms with Crippen LogP contribution in [0.1, 0.15) is 62.2 Å². The smallest absolute Gasteiger partial charge is 0.119 e. The molecule has 3 rings (SSSR count). The number of likely N-dealkylation sites (tertiary alicyclic amines) is 1. The molecule has 0 unspecified atom stereocenters. The number of aliphatic hydroxyl groups excluding tert-OH is 1. The van der Waals surface area contributed by atoms with E-state index >= 15 is 0 Å². The molecule has 1 aliphatic rings. The van der Waals surface area contributed by atoms with Gasteiger partial charge in [0.25, 0.3) is 0 Å². The SMILES string of the molecule is CCCCCOc1ccc([C@H](O)[C@H](C[NH+]2CCCC2)c2ccccc2)cc1. The van der Waals surface area contributed by atoms with Gasteiger partial charge in [-0.2, -0.15) is 0 Å². The van der Waals surface area contributed by atoms with E-state index in [1.165, 1.54) is 44.3 Å². The molecule has 1 heterocycles. The van der Waals surface area contributed by atoms with E-state index in [1.807, 2.05) is 30.3 Å². The molecular formula is C24H34NO2+. The zero-order valence-electron chi connectivity index (χ0n) is 16.6. The van der Waals surface area contributed by atoms with Gasteiger partial charge in [-0.1, -0.05) is 62.2 Å². The van der Waals surface area contributed by atoms with Gasteiger partial charge in [-0.05, 0) is 29.7 Å². The van der Waals surface area contributed by atoms with Gasteiger partial charge in [-0.15, -0.1) is 0 Å². The van der Waals surface area contributed by atoms with Crippen molar-refractivity contribution in [3.05, 3.63) is 65.7 Å². The van der Waals surface area contributed by atoms with Gasteiger partial charge in [0.2, 0.25) is 0 Å². The van der Waals surface area contributed by atoms with Crippen LogP contribution in [-0.2, 0) is 0 Å². The molecule has 2 aromatic rings. The first-order valence-electron chi connectivity index (χ1n) is 10.6. The van der Waals surface area contributed by atoms with Crippen molar-refractivity contribution in [3.63, 3.8) is 0 Å². The fourth-order valence-electron chi connectivity index (χ4n) is 4.04. The lowest BCUT2D eigenvalue weighted by Crippen LogP contribution is -3.10. The molecule has 2 N–H and O–H groups in total. The van der Waals surface area contributed by atoms with Gasteiger partial charge in [0, 0.05) is 12.8 Å². The van der Waals surface area contributed by atoms with Crippen LogP contribution in [0.15, 0.2) is 54.6 Å². The molecule has 146 valence electrons. The quantitative estimate of drug-likeness (QED) is 0.626. The third kappa shape index (κ3) is 5.82. The fourth-order valence-corrected chi connectivity index (χ4v) is 4.04. The molecule has 1 fully saturated rings. The van der Waals surface area contributed by atoms with Crippen LogP contribution in [0.4, 0.5) is 0 Å². The number of rotatable bonds is 10. The number of quaternary nitrogens is 1. The van der Waals surface area contributed by atoms with Gasteiger partial charge in [-0.25, -0.2) is 0 Å². The van der Waals surface area contributed by atoms with Crippen LogP contribution >= 0.6 is 0 Å². The van der Waals surface area contributed by atoms with Gasteiger partial charge in [0.15, 0.2) is 0 Å². The molecule has 3 heteroatoms. The molecule has 27 heavy (non-hydrogen) atoms. The zero-order valence-corrected chi connectivity index (χ0v) is 16.6. The van der Waals surface area contributed by atoms with Crippen LogP contribution in [0.25, 0.3) is 0 Å². The summed E-state index contributed by atoms with van der Waals surface area (Å²) in [5, 5.41) is 11.2. The predicted molar refractivity (Wildman–Crippen MR) is 110 cm³/mol. The van der Waals surface area contributed by atoms with Crippen molar-refractivity contribution in [2.24, 2.45) is 0 Å². The van der Waals surface area contributed by atoms with Crippen molar-refractivity contribution in [2.75, 3.05) is 26.2 Å². The highest BCUT2D eigenvalue weighted by atomic mass is 16.5. The van der Waals surface area contributed by atoms with Crippen LogP contribution < -0.4 is 9.64 Å². The average Bonchev–Trinajstić information content (AvgIpc) is 3.23. The number of nitrogens with one attached hydrogen (secondary N) is 1. The van der Waals surface area contributed by atoms with Crippen LogP contribution in [-0.4, -0.2) is 31.3 Å². The summed E-state index contributed by atoms with van der Waals surface area (Å²) in [4.78, 5) is 1.61. The Kier molecular flexibility index (Phi) is 7.73. The van der Waals surface area contributed by atoms with Crippen LogP contribution in [0.3, 0.4) is 0 Å². The Morgan fingerprint density at radius 1 is 0.926 bits per heavy atom. The van der Waals surface area contributed by atoms with Crippen LogP contribution in [0.5, 0.6) is 5.75 Å². The summed E-state index contributed by atoms with van der Waals surface area (Å²) in [7, 11) is 0. The van der Waals surface area contributed by atoms with E-state index in [4.69, 9.17) is 4.74 Å². The van der Waals surface area contributed by atoms with Gasteiger partial charge in [-0.3, -0.25) is 0 Å². The summed E-state index contributed by atoms with van der Waals surface area (Å²) in [5.74, 6) is 1.01. The predicted octanol–water partition coefficient (Wildman–Crippen LogP) is 3.75. The Morgan fingerprint density at radius 2 is 1.63 bits per heavy atom. The minimum atomic E-state index is -0.491. The summed E-state index contributed by atoms with van der Waals surface area (Å²) in [6, 6.07) is 18.5. The second-order valence-corrected chi connectivity index (χ2v) is 7.75. The van der Waals surface area contributed by atoms with Crippen LogP contribution in [0.2, 0.25) is 0 Å². The minimum Gasteiger partial charge on any atom is -0.494 e. The van der Waals surface area contributed by atoms with Gasteiger partial charge in [0.05, 0.1) is 38.3 Å². The maximum absolute atomic E-state index is 11.2. The highest BCUT2D eigenvalue weighted by Gasteiger charge is 2.28. The molecule has 0 spiro atoms. The summed E-state index contributed by atoms with van der Waals surface area (Å²) < 4.78 is 5.81. The monoisotopic (exact) mass is 368 g/mol. The maximum Gasteiger partial charge on any atom is 0.119 e. The first kappa shape index (κ1) is 19.9. The van der Waals surface area contributed by atoms with Crippen molar-refractivity contribution in [2.45, 2.75) is 51.0 Å². The van der Waals surface area contributed by atoms with E-state index in [0.29, 0.717) is 0 Å². The van der Waals surface area contributed by atoms with Gasteiger partial charge < -0.3 is 14.7 Å². The molecule has 0 amide bonds. The topological polar surface area (TPSA) is 33.9 Å². The zero-order chi connectivity index (χ0) is 18.9. The lowest BCUT2D eigenvalue weighted by Gasteiger charge is -2.26. The molecule has 2 atom stereocenters. The Balaban J connectivity index is 1.68. The molecule has 1 aliphatic heterocycles. The van der Waals surface area contributed by atoms with E-state index in [-0.39, 0.29) is 5.92 Å². The third-order valence-electron chi connectivity index (χ3n) is 5.67. The van der Waals surface area contributed by atoms with Crippen molar-refractivity contribution >= 4 is 0 Å². The molecule has 0 aromatic heterocycles. The van der Waals surface area contributed by atoms with Crippen molar-refractivity contribution in [1.82, 2.24) is 0 Å². The summed E-state index contributed by atoms with van der Waals surface area (Å²) in [5.41, 5.74) is 2.20. The Morgan fingerprint density at radius 3 is 2.30 bits per heavy atom. The van der Waals surface area contributed by atoms with Crippen molar-refractivity contribution in [3.8, 4) is 5.75 Å². The van der Waals surface area contributed by atoms with E-state index in [1.54, 1.807) is 4.90 Å². The molecule has 0 bridgehead atoms. The normalized spacial score (nSPS) is 17.0. The molecule has 2 aromatic carbocycles. The Hall–Kier alpha value is -1.84.